The SMILES string of the molecule is CCCN(CCC)C(=O)c1ccc(NC(=O)N(C)Cc2ccncc2)cc1. The molecule has 6 nitrogen and oxygen atoms in total. The van der Waals surface area contributed by atoms with Gasteiger partial charge in [-0.05, 0) is 54.8 Å². The topological polar surface area (TPSA) is 65.5 Å². The molecule has 0 atom stereocenters. The van der Waals surface area contributed by atoms with Crippen LogP contribution < -0.4 is 5.32 Å². The first-order valence-electron chi connectivity index (χ1n) is 9.35. The Morgan fingerprint density at radius 3 is 2.11 bits per heavy atom. The quantitative estimate of drug-likeness (QED) is 0.766. The van der Waals surface area contributed by atoms with E-state index in [1.54, 1.807) is 48.6 Å². The van der Waals surface area contributed by atoms with Gasteiger partial charge in [-0.1, -0.05) is 13.8 Å². The smallest absolute Gasteiger partial charge is 0.321 e. The lowest BCUT2D eigenvalue weighted by Gasteiger charge is -2.22. The molecule has 0 bridgehead atoms. The van der Waals surface area contributed by atoms with Crippen LogP contribution in [-0.4, -0.2) is 46.9 Å². The molecule has 6 heteroatoms. The molecular weight excluding hydrogens is 340 g/mol. The number of nitrogens with zero attached hydrogens (tertiary/aromatic N) is 3. The van der Waals surface area contributed by atoms with Crippen molar-refractivity contribution in [3.63, 3.8) is 0 Å². The average Bonchev–Trinajstić information content (AvgIpc) is 2.68. The molecule has 27 heavy (non-hydrogen) atoms. The summed E-state index contributed by atoms with van der Waals surface area (Å²) in [6, 6.07) is 10.6. The number of anilines is 1. The van der Waals surface area contributed by atoms with E-state index in [1.807, 2.05) is 17.0 Å². The predicted molar refractivity (Wildman–Crippen MR) is 108 cm³/mol. The Balaban J connectivity index is 1.96. The summed E-state index contributed by atoms with van der Waals surface area (Å²) in [7, 11) is 1.74. The molecule has 144 valence electrons. The minimum absolute atomic E-state index is 0.0337. The summed E-state index contributed by atoms with van der Waals surface area (Å²) in [5, 5.41) is 2.85. The van der Waals surface area contributed by atoms with Crippen LogP contribution in [0.1, 0.15) is 42.6 Å². The Labute approximate surface area is 161 Å². The van der Waals surface area contributed by atoms with Gasteiger partial charge in [0.25, 0.3) is 5.91 Å². The van der Waals surface area contributed by atoms with Crippen LogP contribution in [0.4, 0.5) is 10.5 Å². The molecule has 0 saturated carbocycles. The predicted octanol–water partition coefficient (Wildman–Crippen LogP) is 4.01. The Kier molecular flexibility index (Phi) is 7.79. The highest BCUT2D eigenvalue weighted by Crippen LogP contribution is 2.13. The van der Waals surface area contributed by atoms with Crippen molar-refractivity contribution in [1.82, 2.24) is 14.8 Å². The van der Waals surface area contributed by atoms with E-state index < -0.39 is 0 Å². The fourth-order valence-electron chi connectivity index (χ4n) is 2.79. The van der Waals surface area contributed by atoms with E-state index in [-0.39, 0.29) is 11.9 Å². The minimum Gasteiger partial charge on any atom is -0.339 e. The number of hydrogen-bond acceptors (Lipinski definition) is 3. The summed E-state index contributed by atoms with van der Waals surface area (Å²) in [5.41, 5.74) is 2.31. The largest absolute Gasteiger partial charge is 0.339 e. The zero-order valence-corrected chi connectivity index (χ0v) is 16.3. The van der Waals surface area contributed by atoms with Crippen molar-refractivity contribution >= 4 is 17.6 Å². The van der Waals surface area contributed by atoms with E-state index in [1.165, 1.54) is 0 Å². The number of rotatable bonds is 8. The third-order valence-electron chi connectivity index (χ3n) is 4.17. The van der Waals surface area contributed by atoms with Gasteiger partial charge in [0.1, 0.15) is 0 Å². The fourth-order valence-corrected chi connectivity index (χ4v) is 2.79. The Morgan fingerprint density at radius 1 is 0.963 bits per heavy atom. The van der Waals surface area contributed by atoms with Crippen LogP contribution in [0.3, 0.4) is 0 Å². The summed E-state index contributed by atoms with van der Waals surface area (Å²) in [5.74, 6) is 0.0337. The first-order chi connectivity index (χ1) is 13.0. The Hall–Kier alpha value is -2.89. The van der Waals surface area contributed by atoms with Crippen molar-refractivity contribution < 1.29 is 9.59 Å². The summed E-state index contributed by atoms with van der Waals surface area (Å²) < 4.78 is 0. The number of pyridine rings is 1. The molecule has 3 amide bonds. The molecule has 0 spiro atoms. The number of carbonyl (C=O) groups excluding carboxylic acids is 2. The molecule has 2 rings (SSSR count). The van der Waals surface area contributed by atoms with Crippen molar-refractivity contribution in [3.05, 3.63) is 59.9 Å². The second-order valence-electron chi connectivity index (χ2n) is 6.51. The zero-order chi connectivity index (χ0) is 19.6. The highest BCUT2D eigenvalue weighted by molar-refractivity contribution is 5.95. The highest BCUT2D eigenvalue weighted by Gasteiger charge is 2.15. The van der Waals surface area contributed by atoms with Crippen molar-refractivity contribution in [2.75, 3.05) is 25.5 Å². The number of benzene rings is 1. The second-order valence-corrected chi connectivity index (χ2v) is 6.51. The lowest BCUT2D eigenvalue weighted by Crippen LogP contribution is -2.32. The summed E-state index contributed by atoms with van der Waals surface area (Å²) in [4.78, 5) is 32.4. The third kappa shape index (κ3) is 6.09. The van der Waals surface area contributed by atoms with Crippen molar-refractivity contribution in [1.29, 1.82) is 0 Å². The maximum Gasteiger partial charge on any atom is 0.321 e. The van der Waals surface area contributed by atoms with Gasteiger partial charge in [-0.15, -0.1) is 0 Å². The van der Waals surface area contributed by atoms with Crippen LogP contribution in [0.2, 0.25) is 0 Å². The Bertz CT molecular complexity index is 726. The third-order valence-corrected chi connectivity index (χ3v) is 4.17. The number of urea groups is 1. The van der Waals surface area contributed by atoms with Gasteiger partial charge in [0.05, 0.1) is 0 Å². The molecular formula is C21H28N4O2. The molecule has 1 aromatic carbocycles. The maximum absolute atomic E-state index is 12.6. The molecule has 0 fully saturated rings. The first kappa shape index (κ1) is 20.4. The number of hydrogen-bond donors (Lipinski definition) is 1. The Morgan fingerprint density at radius 2 is 1.56 bits per heavy atom. The van der Waals surface area contributed by atoms with Crippen molar-refractivity contribution in [2.24, 2.45) is 0 Å². The lowest BCUT2D eigenvalue weighted by atomic mass is 10.1. The lowest BCUT2D eigenvalue weighted by molar-refractivity contribution is 0.0755. The van der Waals surface area contributed by atoms with Crippen LogP contribution in [0.25, 0.3) is 0 Å². The summed E-state index contributed by atoms with van der Waals surface area (Å²) in [6.07, 6.45) is 5.28. The number of carbonyl (C=O) groups is 2. The molecule has 1 heterocycles. The molecule has 0 aliphatic rings. The molecule has 0 aliphatic heterocycles. The van der Waals surface area contributed by atoms with Gasteiger partial charge in [0, 0.05) is 50.3 Å². The standard InChI is InChI=1S/C21H28N4O2/c1-4-14-25(15-5-2)20(26)18-6-8-19(9-7-18)23-21(27)24(3)16-17-10-12-22-13-11-17/h6-13H,4-5,14-16H2,1-3H3,(H,23,27). The normalized spacial score (nSPS) is 10.3. The van der Waals surface area contributed by atoms with Gasteiger partial charge >= 0.3 is 6.03 Å². The second kappa shape index (κ2) is 10.3. The van der Waals surface area contributed by atoms with Crippen LogP contribution in [0.15, 0.2) is 48.8 Å². The summed E-state index contributed by atoms with van der Waals surface area (Å²) >= 11 is 0. The van der Waals surface area contributed by atoms with Gasteiger partial charge < -0.3 is 15.1 Å². The molecule has 1 N–H and O–H groups in total. The summed E-state index contributed by atoms with van der Waals surface area (Å²) in [6.45, 7) is 6.14. The monoisotopic (exact) mass is 368 g/mol. The molecule has 2 aromatic rings. The van der Waals surface area contributed by atoms with Gasteiger partial charge in [0.15, 0.2) is 0 Å². The molecule has 1 aromatic heterocycles. The van der Waals surface area contributed by atoms with Gasteiger partial charge in [0.2, 0.25) is 0 Å². The van der Waals surface area contributed by atoms with Gasteiger partial charge in [-0.2, -0.15) is 0 Å². The van der Waals surface area contributed by atoms with E-state index in [4.69, 9.17) is 0 Å². The molecule has 0 saturated heterocycles. The van der Waals surface area contributed by atoms with E-state index in [9.17, 15) is 9.59 Å². The van der Waals surface area contributed by atoms with Crippen LogP contribution in [0, 0.1) is 0 Å². The van der Waals surface area contributed by atoms with Crippen LogP contribution >= 0.6 is 0 Å². The highest BCUT2D eigenvalue weighted by atomic mass is 16.2. The van der Waals surface area contributed by atoms with Crippen molar-refractivity contribution in [2.45, 2.75) is 33.2 Å². The van der Waals surface area contributed by atoms with Gasteiger partial charge in [-0.3, -0.25) is 9.78 Å². The molecule has 0 unspecified atom stereocenters. The zero-order valence-electron chi connectivity index (χ0n) is 16.3. The van der Waals surface area contributed by atoms with E-state index in [2.05, 4.69) is 24.1 Å². The van der Waals surface area contributed by atoms with Gasteiger partial charge in [-0.25, -0.2) is 4.79 Å². The van der Waals surface area contributed by atoms with E-state index in [0.29, 0.717) is 17.8 Å². The minimum atomic E-state index is -0.204. The number of nitrogens with one attached hydrogen (secondary N) is 1. The fraction of sp³-hybridized carbons (Fsp3) is 0.381. The molecule has 0 aliphatic carbocycles. The first-order valence-corrected chi connectivity index (χ1v) is 9.35. The van der Waals surface area contributed by atoms with E-state index in [0.717, 1.165) is 31.5 Å². The maximum atomic E-state index is 12.6. The molecule has 0 radical (unpaired) electrons. The number of aromatic nitrogens is 1. The van der Waals surface area contributed by atoms with Crippen molar-refractivity contribution in [3.8, 4) is 0 Å². The number of amides is 3. The van der Waals surface area contributed by atoms with Crippen LogP contribution in [0.5, 0.6) is 0 Å². The average molecular weight is 368 g/mol. The van der Waals surface area contributed by atoms with E-state index >= 15 is 0 Å². The van der Waals surface area contributed by atoms with Crippen LogP contribution in [-0.2, 0) is 6.54 Å².